The molecule has 3 N–H and O–H groups in total. The summed E-state index contributed by atoms with van der Waals surface area (Å²) in [5, 5.41) is 14.1. The maximum atomic E-state index is 11.8. The number of urea groups is 1. The van der Waals surface area contributed by atoms with E-state index in [-0.39, 0.29) is 18.5 Å². The largest absolute Gasteiger partial charge is 0.481 e. The molecule has 116 valence electrons. The predicted octanol–water partition coefficient (Wildman–Crippen LogP) is 3.40. The van der Waals surface area contributed by atoms with Crippen LogP contribution in [-0.4, -0.2) is 23.1 Å². The standard InChI is InChI=1S/C16H24N2O3/c1-3-5-13-8-10-14(11-9-13)18-16(21)17-12(2)6-4-7-15(19)20/h8-12H,3-7H2,1-2H3,(H,19,20)(H2,17,18,21). The molecule has 0 radical (unpaired) electrons. The first-order chi connectivity index (χ1) is 10.0. The summed E-state index contributed by atoms with van der Waals surface area (Å²) in [5.41, 5.74) is 2.01. The van der Waals surface area contributed by atoms with Gasteiger partial charge in [-0.25, -0.2) is 4.79 Å². The minimum absolute atomic E-state index is 0.0521. The first-order valence-corrected chi connectivity index (χ1v) is 7.39. The van der Waals surface area contributed by atoms with Crippen LogP contribution in [-0.2, 0) is 11.2 Å². The van der Waals surface area contributed by atoms with Crippen LogP contribution >= 0.6 is 0 Å². The number of carbonyl (C=O) groups excluding carboxylic acids is 1. The molecule has 0 aliphatic rings. The van der Waals surface area contributed by atoms with Crippen LogP contribution in [0.15, 0.2) is 24.3 Å². The van der Waals surface area contributed by atoms with Crippen LogP contribution in [0.3, 0.4) is 0 Å². The number of benzene rings is 1. The lowest BCUT2D eigenvalue weighted by Crippen LogP contribution is -2.36. The molecule has 0 bridgehead atoms. The highest BCUT2D eigenvalue weighted by Gasteiger charge is 2.08. The van der Waals surface area contributed by atoms with Gasteiger partial charge in [0.25, 0.3) is 0 Å². The fraction of sp³-hybridized carbons (Fsp3) is 0.500. The fourth-order valence-electron chi connectivity index (χ4n) is 2.07. The monoisotopic (exact) mass is 292 g/mol. The van der Waals surface area contributed by atoms with Crippen molar-refractivity contribution in [1.82, 2.24) is 5.32 Å². The third-order valence-electron chi connectivity index (χ3n) is 3.16. The van der Waals surface area contributed by atoms with E-state index >= 15 is 0 Å². The van der Waals surface area contributed by atoms with Gasteiger partial charge in [-0.1, -0.05) is 25.5 Å². The van der Waals surface area contributed by atoms with Gasteiger partial charge in [0, 0.05) is 18.2 Å². The molecule has 0 saturated carbocycles. The number of amides is 2. The number of anilines is 1. The second kappa shape index (κ2) is 9.00. The summed E-state index contributed by atoms with van der Waals surface area (Å²) in [5.74, 6) is -0.807. The minimum Gasteiger partial charge on any atom is -0.481 e. The molecule has 0 aromatic heterocycles. The molecule has 0 spiro atoms. The number of nitrogens with one attached hydrogen (secondary N) is 2. The van der Waals surface area contributed by atoms with Crippen LogP contribution in [0.25, 0.3) is 0 Å². The molecule has 0 heterocycles. The third kappa shape index (κ3) is 7.34. The zero-order valence-corrected chi connectivity index (χ0v) is 12.7. The molecule has 0 saturated heterocycles. The van der Waals surface area contributed by atoms with Gasteiger partial charge in [-0.05, 0) is 43.9 Å². The van der Waals surface area contributed by atoms with Gasteiger partial charge in [0.15, 0.2) is 0 Å². The zero-order valence-electron chi connectivity index (χ0n) is 12.7. The van der Waals surface area contributed by atoms with E-state index < -0.39 is 5.97 Å². The summed E-state index contributed by atoms with van der Waals surface area (Å²) < 4.78 is 0. The minimum atomic E-state index is -0.807. The maximum absolute atomic E-state index is 11.8. The third-order valence-corrected chi connectivity index (χ3v) is 3.16. The first kappa shape index (κ1) is 17.0. The molecular formula is C16H24N2O3. The van der Waals surface area contributed by atoms with E-state index in [0.29, 0.717) is 12.8 Å². The van der Waals surface area contributed by atoms with Crippen molar-refractivity contribution in [2.45, 2.75) is 52.0 Å². The van der Waals surface area contributed by atoms with Crippen molar-refractivity contribution in [3.05, 3.63) is 29.8 Å². The quantitative estimate of drug-likeness (QED) is 0.687. The number of hydrogen-bond acceptors (Lipinski definition) is 2. The van der Waals surface area contributed by atoms with Gasteiger partial charge >= 0.3 is 12.0 Å². The molecule has 0 aliphatic heterocycles. The summed E-state index contributed by atoms with van der Waals surface area (Å²) in [6.07, 6.45) is 3.47. The van der Waals surface area contributed by atoms with Gasteiger partial charge in [0.1, 0.15) is 0 Å². The van der Waals surface area contributed by atoms with Crippen LogP contribution < -0.4 is 10.6 Å². The molecule has 1 unspecified atom stereocenters. The molecule has 1 rings (SSSR count). The lowest BCUT2D eigenvalue weighted by Gasteiger charge is -2.14. The number of aryl methyl sites for hydroxylation is 1. The summed E-state index contributed by atoms with van der Waals surface area (Å²) >= 11 is 0. The predicted molar refractivity (Wildman–Crippen MR) is 83.5 cm³/mol. The van der Waals surface area contributed by atoms with Crippen LogP contribution in [0.5, 0.6) is 0 Å². The van der Waals surface area contributed by atoms with Crippen molar-refractivity contribution in [2.75, 3.05) is 5.32 Å². The number of carboxylic acids is 1. The number of carbonyl (C=O) groups is 2. The Labute approximate surface area is 125 Å². The Morgan fingerprint density at radius 3 is 2.48 bits per heavy atom. The number of rotatable bonds is 8. The van der Waals surface area contributed by atoms with Gasteiger partial charge in [-0.2, -0.15) is 0 Å². The van der Waals surface area contributed by atoms with Crippen molar-refractivity contribution in [3.8, 4) is 0 Å². The zero-order chi connectivity index (χ0) is 15.7. The normalized spacial score (nSPS) is 11.7. The molecule has 0 aliphatic carbocycles. The first-order valence-electron chi connectivity index (χ1n) is 7.39. The van der Waals surface area contributed by atoms with Crippen LogP contribution in [0.1, 0.15) is 45.1 Å². The number of hydrogen-bond donors (Lipinski definition) is 3. The lowest BCUT2D eigenvalue weighted by atomic mass is 10.1. The molecule has 1 atom stereocenters. The van der Waals surface area contributed by atoms with Crippen molar-refractivity contribution in [2.24, 2.45) is 0 Å². The Morgan fingerprint density at radius 2 is 1.90 bits per heavy atom. The Hall–Kier alpha value is -2.04. The van der Waals surface area contributed by atoms with Gasteiger partial charge < -0.3 is 15.7 Å². The molecule has 0 fully saturated rings. The highest BCUT2D eigenvalue weighted by molar-refractivity contribution is 5.89. The highest BCUT2D eigenvalue weighted by atomic mass is 16.4. The second-order valence-corrected chi connectivity index (χ2v) is 5.23. The van der Waals surface area contributed by atoms with E-state index in [4.69, 9.17) is 5.11 Å². The Morgan fingerprint density at radius 1 is 1.24 bits per heavy atom. The average Bonchev–Trinajstić information content (AvgIpc) is 2.40. The molecule has 2 amide bonds. The number of aliphatic carboxylic acids is 1. The van der Waals surface area contributed by atoms with E-state index in [2.05, 4.69) is 17.6 Å². The molecule has 5 nitrogen and oxygen atoms in total. The number of carboxylic acid groups (broad SMARTS) is 1. The molecular weight excluding hydrogens is 268 g/mol. The van der Waals surface area contributed by atoms with Crippen LogP contribution in [0.4, 0.5) is 10.5 Å². The molecule has 1 aromatic carbocycles. The Balaban J connectivity index is 2.33. The van der Waals surface area contributed by atoms with E-state index in [1.807, 2.05) is 31.2 Å². The molecule has 21 heavy (non-hydrogen) atoms. The highest BCUT2D eigenvalue weighted by Crippen LogP contribution is 2.11. The van der Waals surface area contributed by atoms with E-state index in [9.17, 15) is 9.59 Å². The lowest BCUT2D eigenvalue weighted by molar-refractivity contribution is -0.137. The van der Waals surface area contributed by atoms with Crippen molar-refractivity contribution < 1.29 is 14.7 Å². The average molecular weight is 292 g/mol. The van der Waals surface area contributed by atoms with E-state index in [1.54, 1.807) is 0 Å². The topological polar surface area (TPSA) is 78.4 Å². The van der Waals surface area contributed by atoms with Gasteiger partial charge in [0.2, 0.25) is 0 Å². The van der Waals surface area contributed by atoms with E-state index in [1.165, 1.54) is 5.56 Å². The summed E-state index contributed by atoms with van der Waals surface area (Å²) in [6.45, 7) is 4.00. The van der Waals surface area contributed by atoms with Gasteiger partial charge in [0.05, 0.1) is 0 Å². The SMILES string of the molecule is CCCc1ccc(NC(=O)NC(C)CCCC(=O)O)cc1. The fourth-order valence-corrected chi connectivity index (χ4v) is 2.07. The van der Waals surface area contributed by atoms with Gasteiger partial charge in [-0.3, -0.25) is 4.79 Å². The second-order valence-electron chi connectivity index (χ2n) is 5.23. The summed E-state index contributed by atoms with van der Waals surface area (Å²) in [6, 6.07) is 7.48. The molecule has 1 aromatic rings. The van der Waals surface area contributed by atoms with Crippen LogP contribution in [0.2, 0.25) is 0 Å². The maximum Gasteiger partial charge on any atom is 0.319 e. The van der Waals surface area contributed by atoms with Crippen molar-refractivity contribution in [1.29, 1.82) is 0 Å². The summed E-state index contributed by atoms with van der Waals surface area (Å²) in [4.78, 5) is 22.2. The van der Waals surface area contributed by atoms with Crippen LogP contribution in [0, 0.1) is 0 Å². The van der Waals surface area contributed by atoms with Crippen molar-refractivity contribution in [3.63, 3.8) is 0 Å². The Bertz CT molecular complexity index is 457. The van der Waals surface area contributed by atoms with Gasteiger partial charge in [-0.15, -0.1) is 0 Å². The van der Waals surface area contributed by atoms with E-state index in [0.717, 1.165) is 18.5 Å². The smallest absolute Gasteiger partial charge is 0.319 e. The van der Waals surface area contributed by atoms with Crippen molar-refractivity contribution >= 4 is 17.7 Å². The Kier molecular flexibility index (Phi) is 7.29. The summed E-state index contributed by atoms with van der Waals surface area (Å²) in [7, 11) is 0. The molecule has 5 heteroatoms.